The Balaban J connectivity index is 1.70. The fourth-order valence-electron chi connectivity index (χ4n) is 3.39. The zero-order valence-electron chi connectivity index (χ0n) is 17.4. The number of rotatable bonds is 5. The third kappa shape index (κ3) is 3.94. The second kappa shape index (κ2) is 7.96. The van der Waals surface area contributed by atoms with Crippen molar-refractivity contribution in [3.63, 3.8) is 0 Å². The molecule has 0 unspecified atom stereocenters. The molecule has 1 heterocycles. The molecule has 1 aliphatic rings. The molecule has 0 radical (unpaired) electrons. The number of amides is 1. The maximum absolute atomic E-state index is 13.1. The molecular weight excluding hydrogens is 416 g/mol. The van der Waals surface area contributed by atoms with Gasteiger partial charge in [-0.1, -0.05) is 18.2 Å². The van der Waals surface area contributed by atoms with Gasteiger partial charge in [-0.3, -0.25) is 9.52 Å². The molecule has 0 aliphatic carbocycles. The van der Waals surface area contributed by atoms with E-state index >= 15 is 0 Å². The zero-order valence-corrected chi connectivity index (χ0v) is 18.2. The Morgan fingerprint density at radius 2 is 1.77 bits per heavy atom. The number of ether oxygens (including phenoxy) is 2. The van der Waals surface area contributed by atoms with Gasteiger partial charge in [-0.15, -0.1) is 0 Å². The molecule has 3 aromatic carbocycles. The lowest BCUT2D eigenvalue weighted by Gasteiger charge is -2.17. The van der Waals surface area contributed by atoms with E-state index in [-0.39, 0.29) is 27.8 Å². The summed E-state index contributed by atoms with van der Waals surface area (Å²) in [7, 11) is -2.27. The Bertz CT molecular complexity index is 1270. The maximum Gasteiger partial charge on any atom is 0.265 e. The molecule has 3 aromatic rings. The minimum absolute atomic E-state index is 0.0226. The second-order valence-corrected chi connectivity index (χ2v) is 8.78. The van der Waals surface area contributed by atoms with Crippen LogP contribution in [0.15, 0.2) is 65.6 Å². The summed E-state index contributed by atoms with van der Waals surface area (Å²) in [5.41, 5.74) is 2.15. The average molecular weight is 439 g/mol. The van der Waals surface area contributed by atoms with Crippen molar-refractivity contribution in [3.8, 4) is 17.2 Å². The number of hydrogen-bond acceptors (Lipinski definition) is 5. The molecule has 0 saturated carbocycles. The molecule has 7 nitrogen and oxygen atoms in total. The van der Waals surface area contributed by atoms with E-state index < -0.39 is 10.0 Å². The summed E-state index contributed by atoms with van der Waals surface area (Å²) in [5.74, 6) is 0.878. The molecule has 1 N–H and O–H groups in total. The monoisotopic (exact) mass is 438 g/mol. The van der Waals surface area contributed by atoms with Crippen LogP contribution in [0.1, 0.15) is 22.8 Å². The third-order valence-corrected chi connectivity index (χ3v) is 6.32. The van der Waals surface area contributed by atoms with Crippen molar-refractivity contribution in [2.75, 3.05) is 23.3 Å². The van der Waals surface area contributed by atoms with Crippen molar-refractivity contribution >= 4 is 27.3 Å². The molecule has 0 spiro atoms. The van der Waals surface area contributed by atoms with Gasteiger partial charge in [0.1, 0.15) is 16.4 Å². The molecule has 31 heavy (non-hydrogen) atoms. The molecule has 0 fully saturated rings. The van der Waals surface area contributed by atoms with E-state index in [1.54, 1.807) is 44.3 Å². The van der Waals surface area contributed by atoms with Crippen LogP contribution >= 0.6 is 0 Å². The van der Waals surface area contributed by atoms with Gasteiger partial charge in [0.05, 0.1) is 17.9 Å². The largest absolute Gasteiger partial charge is 0.492 e. The van der Waals surface area contributed by atoms with Crippen LogP contribution in [0.3, 0.4) is 0 Å². The molecule has 1 aliphatic heterocycles. The van der Waals surface area contributed by atoms with Crippen LogP contribution in [0.2, 0.25) is 0 Å². The normalized spacial score (nSPS) is 13.0. The topological polar surface area (TPSA) is 84.9 Å². The molecule has 1 amide bonds. The van der Waals surface area contributed by atoms with E-state index in [1.807, 2.05) is 25.1 Å². The van der Waals surface area contributed by atoms with Crippen LogP contribution in [0.4, 0.5) is 11.4 Å². The Hall–Kier alpha value is -3.52. The third-order valence-electron chi connectivity index (χ3n) is 4.90. The summed E-state index contributed by atoms with van der Waals surface area (Å²) in [6.45, 7) is 4.05. The Morgan fingerprint density at radius 1 is 1.03 bits per heavy atom. The van der Waals surface area contributed by atoms with Gasteiger partial charge >= 0.3 is 0 Å². The fraction of sp³-hybridized carbons (Fsp3) is 0.174. The highest BCUT2D eigenvalue weighted by atomic mass is 32.2. The molecule has 8 heteroatoms. The second-order valence-electron chi connectivity index (χ2n) is 7.13. The predicted octanol–water partition coefficient (Wildman–Crippen LogP) is 4.58. The van der Waals surface area contributed by atoms with Crippen molar-refractivity contribution in [2.45, 2.75) is 18.7 Å². The van der Waals surface area contributed by atoms with Crippen molar-refractivity contribution in [1.82, 2.24) is 0 Å². The van der Waals surface area contributed by atoms with E-state index in [0.29, 0.717) is 23.8 Å². The first-order chi connectivity index (χ1) is 14.8. The molecule has 160 valence electrons. The molecule has 0 atom stereocenters. The first kappa shape index (κ1) is 20.7. The molecule has 0 saturated heterocycles. The van der Waals surface area contributed by atoms with E-state index in [9.17, 15) is 13.2 Å². The van der Waals surface area contributed by atoms with Gasteiger partial charge in [0.2, 0.25) is 0 Å². The predicted molar refractivity (Wildman–Crippen MR) is 119 cm³/mol. The number of sulfonamides is 1. The number of aryl methyl sites for hydroxylation is 1. The molecule has 0 bridgehead atoms. The summed E-state index contributed by atoms with van der Waals surface area (Å²) in [4.78, 5) is 14.6. The van der Waals surface area contributed by atoms with Gasteiger partial charge < -0.3 is 14.4 Å². The SMILES string of the molecule is CCOc1ccccc1S(=O)(=O)Nc1ccc2c(c1)C(=O)N(C)c1cc(C)ccc1O2. The van der Waals surface area contributed by atoms with Crippen LogP contribution in [-0.2, 0) is 10.0 Å². The summed E-state index contributed by atoms with van der Waals surface area (Å²) in [6, 6.07) is 16.6. The lowest BCUT2D eigenvalue weighted by atomic mass is 10.1. The number of fused-ring (bicyclic) bond motifs is 2. The summed E-state index contributed by atoms with van der Waals surface area (Å²) < 4.78 is 39.9. The smallest absolute Gasteiger partial charge is 0.265 e. The van der Waals surface area contributed by atoms with Crippen LogP contribution in [0, 0.1) is 6.92 Å². The lowest BCUT2D eigenvalue weighted by Crippen LogP contribution is -2.25. The number of para-hydroxylation sites is 1. The molecular formula is C23H22N2O5S. The van der Waals surface area contributed by atoms with Crippen LogP contribution < -0.4 is 19.1 Å². The maximum atomic E-state index is 13.1. The Morgan fingerprint density at radius 3 is 2.55 bits per heavy atom. The zero-order chi connectivity index (χ0) is 22.2. The summed E-state index contributed by atoms with van der Waals surface area (Å²) >= 11 is 0. The van der Waals surface area contributed by atoms with Crippen molar-refractivity contribution in [1.29, 1.82) is 0 Å². The standard InChI is InChI=1S/C23H22N2O5S/c1-4-29-21-7-5-6-8-22(21)31(27,28)24-16-10-12-19-17(14-16)23(26)25(3)18-13-15(2)9-11-20(18)30-19/h5-14,24H,4H2,1-3H3. The quantitative estimate of drug-likeness (QED) is 0.630. The van der Waals surface area contributed by atoms with E-state index in [4.69, 9.17) is 9.47 Å². The Kier molecular flexibility index (Phi) is 5.32. The van der Waals surface area contributed by atoms with Crippen LogP contribution in [-0.4, -0.2) is 28.0 Å². The van der Waals surface area contributed by atoms with E-state index in [0.717, 1.165) is 5.56 Å². The Labute approximate surface area is 181 Å². The van der Waals surface area contributed by atoms with E-state index in [1.165, 1.54) is 17.0 Å². The molecule has 0 aromatic heterocycles. The highest BCUT2D eigenvalue weighted by Crippen LogP contribution is 2.40. The fourth-order valence-corrected chi connectivity index (χ4v) is 4.59. The molecule has 4 rings (SSSR count). The van der Waals surface area contributed by atoms with Crippen LogP contribution in [0.25, 0.3) is 0 Å². The van der Waals surface area contributed by atoms with Gasteiger partial charge in [0.15, 0.2) is 5.75 Å². The number of carbonyl (C=O) groups excluding carboxylic acids is 1. The number of benzene rings is 3. The number of carbonyl (C=O) groups is 1. The number of nitrogens with one attached hydrogen (secondary N) is 1. The van der Waals surface area contributed by atoms with Gasteiger partial charge in [0, 0.05) is 12.7 Å². The first-order valence-corrected chi connectivity index (χ1v) is 11.2. The number of anilines is 2. The van der Waals surface area contributed by atoms with Crippen molar-refractivity contribution in [3.05, 3.63) is 71.8 Å². The minimum Gasteiger partial charge on any atom is -0.492 e. The highest BCUT2D eigenvalue weighted by molar-refractivity contribution is 7.92. The van der Waals surface area contributed by atoms with Crippen LogP contribution in [0.5, 0.6) is 17.2 Å². The van der Waals surface area contributed by atoms with E-state index in [2.05, 4.69) is 4.72 Å². The van der Waals surface area contributed by atoms with Gasteiger partial charge in [-0.05, 0) is 61.9 Å². The first-order valence-electron chi connectivity index (χ1n) is 9.75. The minimum atomic E-state index is -3.93. The summed E-state index contributed by atoms with van der Waals surface area (Å²) in [5, 5.41) is 0. The summed E-state index contributed by atoms with van der Waals surface area (Å²) in [6.07, 6.45) is 0. The van der Waals surface area contributed by atoms with Crippen molar-refractivity contribution in [2.24, 2.45) is 0 Å². The van der Waals surface area contributed by atoms with Gasteiger partial charge in [-0.2, -0.15) is 0 Å². The average Bonchev–Trinajstić information content (AvgIpc) is 2.84. The van der Waals surface area contributed by atoms with Gasteiger partial charge in [0.25, 0.3) is 15.9 Å². The number of hydrogen-bond donors (Lipinski definition) is 1. The lowest BCUT2D eigenvalue weighted by molar-refractivity contribution is 0.0993. The van der Waals surface area contributed by atoms with Gasteiger partial charge in [-0.25, -0.2) is 8.42 Å². The highest BCUT2D eigenvalue weighted by Gasteiger charge is 2.27. The van der Waals surface area contributed by atoms with Crippen molar-refractivity contribution < 1.29 is 22.7 Å². The number of nitrogens with zero attached hydrogens (tertiary/aromatic N) is 1.